The van der Waals surface area contributed by atoms with Crippen LogP contribution in [-0.2, 0) is 0 Å². The van der Waals surface area contributed by atoms with Gasteiger partial charge in [0, 0.05) is 12.1 Å². The van der Waals surface area contributed by atoms with Gasteiger partial charge >= 0.3 is 0 Å². The van der Waals surface area contributed by atoms with E-state index in [0.717, 1.165) is 11.3 Å². The Kier molecular flexibility index (Phi) is 5.84. The Labute approximate surface area is 141 Å². The maximum Gasteiger partial charge on any atom is 0.193 e. The summed E-state index contributed by atoms with van der Waals surface area (Å²) in [7, 11) is 3.03. The van der Waals surface area contributed by atoms with Crippen molar-refractivity contribution in [3.05, 3.63) is 53.6 Å². The first-order chi connectivity index (χ1) is 11.6. The van der Waals surface area contributed by atoms with Crippen molar-refractivity contribution in [2.24, 2.45) is 0 Å². The van der Waals surface area contributed by atoms with E-state index in [2.05, 4.69) is 0 Å². The molecular formula is C19H20O5. The van der Waals surface area contributed by atoms with E-state index in [4.69, 9.17) is 14.2 Å². The van der Waals surface area contributed by atoms with Crippen LogP contribution >= 0.6 is 0 Å². The molecule has 2 rings (SSSR count). The van der Waals surface area contributed by atoms with Crippen LogP contribution in [0.4, 0.5) is 0 Å². The van der Waals surface area contributed by atoms with Gasteiger partial charge in [0.05, 0.1) is 20.8 Å². The molecule has 0 saturated carbocycles. The summed E-state index contributed by atoms with van der Waals surface area (Å²) in [5.74, 6) is 0.917. The predicted molar refractivity (Wildman–Crippen MR) is 92.2 cm³/mol. The number of methoxy groups -OCH3 is 2. The van der Waals surface area contributed by atoms with Crippen LogP contribution in [0.25, 0.3) is 6.08 Å². The lowest BCUT2D eigenvalue weighted by molar-refractivity contribution is 0.104. The van der Waals surface area contributed by atoms with E-state index in [-0.39, 0.29) is 22.8 Å². The number of rotatable bonds is 7. The number of phenolic OH excluding ortho intramolecular Hbond substituents is 1. The molecule has 0 heterocycles. The quantitative estimate of drug-likeness (QED) is 0.620. The molecule has 0 aliphatic rings. The summed E-state index contributed by atoms with van der Waals surface area (Å²) >= 11 is 0. The third-order valence-electron chi connectivity index (χ3n) is 3.38. The molecule has 0 radical (unpaired) electrons. The molecule has 0 spiro atoms. The number of benzene rings is 2. The summed E-state index contributed by atoms with van der Waals surface area (Å²) < 4.78 is 15.6. The fraction of sp³-hybridized carbons (Fsp3) is 0.211. The van der Waals surface area contributed by atoms with Gasteiger partial charge in [0.2, 0.25) is 0 Å². The zero-order valence-electron chi connectivity index (χ0n) is 13.9. The summed E-state index contributed by atoms with van der Waals surface area (Å²) in [5.41, 5.74) is 0.944. The Balaban J connectivity index is 2.26. The van der Waals surface area contributed by atoms with Crippen LogP contribution in [0.1, 0.15) is 22.8 Å². The van der Waals surface area contributed by atoms with Gasteiger partial charge in [-0.2, -0.15) is 0 Å². The van der Waals surface area contributed by atoms with Gasteiger partial charge in [0.25, 0.3) is 0 Å². The van der Waals surface area contributed by atoms with Crippen LogP contribution in [0.5, 0.6) is 23.0 Å². The zero-order chi connectivity index (χ0) is 17.5. The van der Waals surface area contributed by atoms with Crippen LogP contribution in [0.2, 0.25) is 0 Å². The number of aromatic hydroxyl groups is 1. The van der Waals surface area contributed by atoms with Crippen LogP contribution in [-0.4, -0.2) is 31.7 Å². The molecule has 24 heavy (non-hydrogen) atoms. The maximum absolute atomic E-state index is 12.4. The molecule has 0 saturated heterocycles. The molecule has 2 aromatic rings. The van der Waals surface area contributed by atoms with Crippen molar-refractivity contribution in [2.75, 3.05) is 20.8 Å². The van der Waals surface area contributed by atoms with Gasteiger partial charge in [-0.3, -0.25) is 4.79 Å². The minimum Gasteiger partial charge on any atom is -0.507 e. The van der Waals surface area contributed by atoms with Gasteiger partial charge in [0.1, 0.15) is 28.6 Å². The highest BCUT2D eigenvalue weighted by Gasteiger charge is 2.17. The third kappa shape index (κ3) is 4.07. The Morgan fingerprint density at radius 3 is 2.38 bits per heavy atom. The monoisotopic (exact) mass is 328 g/mol. The van der Waals surface area contributed by atoms with Crippen molar-refractivity contribution >= 4 is 11.9 Å². The molecule has 2 aromatic carbocycles. The summed E-state index contributed by atoms with van der Waals surface area (Å²) in [6.45, 7) is 2.29. The summed E-state index contributed by atoms with van der Waals surface area (Å²) in [6, 6.07) is 10.3. The number of hydrogen-bond acceptors (Lipinski definition) is 5. The second kappa shape index (κ2) is 8.06. The largest absolute Gasteiger partial charge is 0.507 e. The standard InChI is InChI=1S/C19H20O5/c1-4-24-15-11-17(21)19(18(12-15)23-3)16(20)10-7-13-5-8-14(22-2)9-6-13/h5-12,21H,4H2,1-3H3/b10-7+. The van der Waals surface area contributed by atoms with E-state index in [0.29, 0.717) is 12.4 Å². The van der Waals surface area contributed by atoms with Crippen molar-refractivity contribution in [1.82, 2.24) is 0 Å². The minimum atomic E-state index is -0.358. The topological polar surface area (TPSA) is 65.0 Å². The van der Waals surface area contributed by atoms with Gasteiger partial charge in [-0.25, -0.2) is 0 Å². The maximum atomic E-state index is 12.4. The minimum absolute atomic E-state index is 0.103. The second-order valence-corrected chi connectivity index (χ2v) is 4.92. The molecule has 0 fully saturated rings. The molecule has 0 unspecified atom stereocenters. The molecule has 0 amide bonds. The summed E-state index contributed by atoms with van der Waals surface area (Å²) in [4.78, 5) is 12.4. The van der Waals surface area contributed by atoms with Gasteiger partial charge in [-0.05, 0) is 30.7 Å². The molecule has 5 heteroatoms. The molecule has 0 aliphatic heterocycles. The first-order valence-electron chi connectivity index (χ1n) is 7.49. The highest BCUT2D eigenvalue weighted by molar-refractivity contribution is 6.10. The Hall–Kier alpha value is -2.95. The van der Waals surface area contributed by atoms with Crippen LogP contribution in [0.15, 0.2) is 42.5 Å². The van der Waals surface area contributed by atoms with Crippen molar-refractivity contribution in [2.45, 2.75) is 6.92 Å². The van der Waals surface area contributed by atoms with Crippen molar-refractivity contribution in [3.8, 4) is 23.0 Å². The number of carbonyl (C=O) groups excluding carboxylic acids is 1. The van der Waals surface area contributed by atoms with E-state index < -0.39 is 0 Å². The number of ether oxygens (including phenoxy) is 3. The van der Waals surface area contributed by atoms with Crippen LogP contribution < -0.4 is 14.2 Å². The molecule has 126 valence electrons. The van der Waals surface area contributed by atoms with Crippen LogP contribution in [0, 0.1) is 0 Å². The van der Waals surface area contributed by atoms with Gasteiger partial charge in [-0.15, -0.1) is 0 Å². The number of ketones is 1. The third-order valence-corrected chi connectivity index (χ3v) is 3.38. The highest BCUT2D eigenvalue weighted by Crippen LogP contribution is 2.34. The lowest BCUT2D eigenvalue weighted by Crippen LogP contribution is -2.01. The Morgan fingerprint density at radius 2 is 1.79 bits per heavy atom. The molecule has 0 bridgehead atoms. The van der Waals surface area contributed by atoms with Crippen molar-refractivity contribution < 1.29 is 24.1 Å². The number of phenols is 1. The molecule has 1 N–H and O–H groups in total. The first kappa shape index (κ1) is 17.4. The summed E-state index contributed by atoms with van der Waals surface area (Å²) in [6.07, 6.45) is 3.05. The Morgan fingerprint density at radius 1 is 1.08 bits per heavy atom. The van der Waals surface area contributed by atoms with Gasteiger partial charge < -0.3 is 19.3 Å². The Bertz CT molecular complexity index is 732. The zero-order valence-corrected chi connectivity index (χ0v) is 13.9. The fourth-order valence-corrected chi connectivity index (χ4v) is 2.21. The average molecular weight is 328 g/mol. The van der Waals surface area contributed by atoms with Gasteiger partial charge in [-0.1, -0.05) is 18.2 Å². The van der Waals surface area contributed by atoms with E-state index in [1.54, 1.807) is 31.4 Å². The van der Waals surface area contributed by atoms with Crippen molar-refractivity contribution in [1.29, 1.82) is 0 Å². The highest BCUT2D eigenvalue weighted by atomic mass is 16.5. The fourth-order valence-electron chi connectivity index (χ4n) is 2.21. The normalized spacial score (nSPS) is 10.6. The van der Waals surface area contributed by atoms with Gasteiger partial charge in [0.15, 0.2) is 5.78 Å². The van der Waals surface area contributed by atoms with E-state index >= 15 is 0 Å². The smallest absolute Gasteiger partial charge is 0.193 e. The SMILES string of the molecule is CCOc1cc(O)c(C(=O)/C=C/c2ccc(OC)cc2)c(OC)c1. The van der Waals surface area contributed by atoms with E-state index in [1.165, 1.54) is 19.3 Å². The number of carbonyl (C=O) groups is 1. The predicted octanol–water partition coefficient (Wildman–Crippen LogP) is 3.70. The molecule has 0 aliphatic carbocycles. The molecule has 0 atom stereocenters. The van der Waals surface area contributed by atoms with E-state index in [1.807, 2.05) is 19.1 Å². The number of allylic oxidation sites excluding steroid dienone is 1. The molecular weight excluding hydrogens is 308 g/mol. The average Bonchev–Trinajstić information content (AvgIpc) is 2.59. The second-order valence-electron chi connectivity index (χ2n) is 4.92. The lowest BCUT2D eigenvalue weighted by atomic mass is 10.1. The van der Waals surface area contributed by atoms with E-state index in [9.17, 15) is 9.90 Å². The van der Waals surface area contributed by atoms with Crippen LogP contribution in [0.3, 0.4) is 0 Å². The summed E-state index contributed by atoms with van der Waals surface area (Å²) in [5, 5.41) is 10.1. The lowest BCUT2D eigenvalue weighted by Gasteiger charge is -2.11. The molecule has 0 aromatic heterocycles. The number of hydrogen-bond donors (Lipinski definition) is 1. The molecule has 5 nitrogen and oxygen atoms in total. The van der Waals surface area contributed by atoms with Crippen molar-refractivity contribution in [3.63, 3.8) is 0 Å². The first-order valence-corrected chi connectivity index (χ1v) is 7.49.